The molecular formula is C75H106N18O19S2. The number of hydrogen-bond acceptors (Lipinski definition) is 23. The van der Waals surface area contributed by atoms with Crippen LogP contribution >= 0.6 is 25.3 Å². The zero-order valence-electron chi connectivity index (χ0n) is 65.2. The second-order valence-corrected chi connectivity index (χ2v) is 29.2. The second-order valence-electron chi connectivity index (χ2n) is 28.4. The highest BCUT2D eigenvalue weighted by atomic mass is 32.1. The first-order valence-electron chi connectivity index (χ1n) is 37.0. The molecule has 3 heterocycles. The van der Waals surface area contributed by atoms with Gasteiger partial charge in [0, 0.05) is 90.2 Å². The summed E-state index contributed by atoms with van der Waals surface area (Å²) >= 11 is 8.42. The van der Waals surface area contributed by atoms with Crippen LogP contribution in [-0.4, -0.2) is 230 Å². The highest BCUT2D eigenvalue weighted by molar-refractivity contribution is 7.80. The molecule has 5 aromatic rings. The number of hydrogen-bond donors (Lipinski definition) is 20. The molecule has 39 heteroatoms. The number of aromatic nitrogens is 4. The van der Waals surface area contributed by atoms with E-state index in [2.05, 4.69) is 120 Å². The third-order valence-corrected chi connectivity index (χ3v) is 18.5. The van der Waals surface area contributed by atoms with Crippen molar-refractivity contribution in [3.63, 3.8) is 0 Å². The van der Waals surface area contributed by atoms with Gasteiger partial charge in [-0.2, -0.15) is 25.3 Å². The summed E-state index contributed by atoms with van der Waals surface area (Å²) in [7, 11) is 1.11. The summed E-state index contributed by atoms with van der Waals surface area (Å²) in [6.45, 7) is 16.2. The predicted molar refractivity (Wildman–Crippen MR) is 423 cm³/mol. The Morgan fingerprint density at radius 2 is 0.982 bits per heavy atom. The number of benzene rings is 2. The smallest absolute Gasteiger partial charge is 0.307 e. The number of imide groups is 1. The number of nitrogens with zero attached hydrogens (tertiary/aromatic N) is 1. The number of nitrogens with one attached hydrogen (secondary N) is 16. The normalized spacial score (nSPS) is 14.7. The van der Waals surface area contributed by atoms with Gasteiger partial charge in [-0.1, -0.05) is 90.6 Å². The molecule has 5 rings (SSSR count). The molecular weight excluding hydrogens is 1520 g/mol. The highest BCUT2D eigenvalue weighted by Crippen LogP contribution is 2.22. The van der Waals surface area contributed by atoms with E-state index in [0.717, 1.165) is 14.0 Å². The second kappa shape index (κ2) is 46.1. The van der Waals surface area contributed by atoms with Crippen LogP contribution in [0, 0.1) is 17.8 Å². The number of aliphatic hydroxyl groups excluding tert-OH is 1. The fourth-order valence-corrected chi connectivity index (χ4v) is 12.2. The van der Waals surface area contributed by atoms with Crippen LogP contribution in [0.3, 0.4) is 0 Å². The van der Waals surface area contributed by atoms with E-state index in [4.69, 9.17) is 10.5 Å². The van der Waals surface area contributed by atoms with Gasteiger partial charge >= 0.3 is 11.9 Å². The Morgan fingerprint density at radius 3 is 1.47 bits per heavy atom. The molecule has 19 N–H and O–H groups in total. The van der Waals surface area contributed by atoms with Crippen LogP contribution in [0.4, 0.5) is 0 Å². The Morgan fingerprint density at radius 1 is 0.526 bits per heavy atom. The number of aromatic amines is 3. The van der Waals surface area contributed by atoms with E-state index in [1.54, 1.807) is 102 Å². The lowest BCUT2D eigenvalue weighted by Gasteiger charge is -2.29. The van der Waals surface area contributed by atoms with Crippen molar-refractivity contribution in [2.75, 3.05) is 31.8 Å². The SMILES string of the molecule is C=CCOC(=O)CC[C@H](NC(=O)CNC(=O)[C@H](CC(C)C)NC(=O)[C@H](Cc1cnc[nH]1)NC(=O)[C@H](Cc1c[nH]c2ccccc12)NC(=O)[C@H](C)NC(=O)[C@H](CS)NC(=O)[C@@H](N)CC(=O)OC)C(=O)N[C@@H](CC(C)C)C(=O)N[C@H](C(=O)N[C@@H](Cc1c[nH]c2ccccc12)C(=O)N[C@@H](CS)C(=O)N[C@H](C(=O)NC(C)=O)[C@@H](C)O)C(C)C. The van der Waals surface area contributed by atoms with Gasteiger partial charge in [0.25, 0.3) is 5.91 Å². The van der Waals surface area contributed by atoms with Crippen LogP contribution in [0.15, 0.2) is 86.1 Å². The Bertz CT molecular complexity index is 4200. The molecule has 622 valence electrons. The molecule has 14 amide bonds. The van der Waals surface area contributed by atoms with Gasteiger partial charge in [-0.3, -0.25) is 82.0 Å². The predicted octanol–water partition coefficient (Wildman–Crippen LogP) is -2.08. The average molecular weight is 1630 g/mol. The number of H-pyrrole nitrogens is 3. The van der Waals surface area contributed by atoms with Gasteiger partial charge in [0.05, 0.1) is 38.5 Å². The van der Waals surface area contributed by atoms with Crippen LogP contribution in [-0.2, 0) is 105 Å². The first-order valence-corrected chi connectivity index (χ1v) is 38.2. The molecule has 0 saturated carbocycles. The summed E-state index contributed by atoms with van der Waals surface area (Å²) in [5, 5.41) is 44.5. The summed E-state index contributed by atoms with van der Waals surface area (Å²) in [4.78, 5) is 232. The fourth-order valence-electron chi connectivity index (χ4n) is 11.7. The van der Waals surface area contributed by atoms with Crippen molar-refractivity contribution in [1.82, 2.24) is 89.1 Å². The maximum absolute atomic E-state index is 14.8. The molecule has 0 bridgehead atoms. The zero-order chi connectivity index (χ0) is 84.6. The maximum atomic E-state index is 14.8. The number of amides is 14. The number of rotatable bonds is 46. The topological polar surface area (TPSA) is 554 Å². The number of esters is 2. The molecule has 0 aliphatic heterocycles. The third kappa shape index (κ3) is 29.7. The van der Waals surface area contributed by atoms with Crippen molar-refractivity contribution in [2.24, 2.45) is 23.5 Å². The summed E-state index contributed by atoms with van der Waals surface area (Å²) in [5.74, 6) is -16.3. The lowest BCUT2D eigenvalue weighted by molar-refractivity contribution is -0.143. The lowest BCUT2D eigenvalue weighted by atomic mass is 9.98. The molecule has 0 radical (unpaired) electrons. The van der Waals surface area contributed by atoms with E-state index < -0.39 is 205 Å². The average Bonchev–Trinajstić information content (AvgIpc) is 1.54. The van der Waals surface area contributed by atoms with Gasteiger partial charge in [0.15, 0.2) is 0 Å². The number of fused-ring (bicyclic) bond motifs is 2. The molecule has 13 atom stereocenters. The monoisotopic (exact) mass is 1630 g/mol. The lowest BCUT2D eigenvalue weighted by Crippen LogP contribution is -2.62. The number of para-hydroxylation sites is 2. The molecule has 0 aliphatic carbocycles. The highest BCUT2D eigenvalue weighted by Gasteiger charge is 2.38. The number of methoxy groups -OCH3 is 1. The van der Waals surface area contributed by atoms with Gasteiger partial charge in [0.1, 0.15) is 73.1 Å². The Kier molecular flexibility index (Phi) is 37.8. The molecule has 0 aliphatic rings. The van der Waals surface area contributed by atoms with Gasteiger partial charge in [0.2, 0.25) is 76.8 Å². The van der Waals surface area contributed by atoms with E-state index in [1.165, 1.54) is 32.4 Å². The van der Waals surface area contributed by atoms with Crippen molar-refractivity contribution in [3.8, 4) is 0 Å². The molecule has 0 unspecified atom stereocenters. The van der Waals surface area contributed by atoms with Gasteiger partial charge in [-0.05, 0) is 74.1 Å². The van der Waals surface area contributed by atoms with Gasteiger partial charge in [-0.15, -0.1) is 0 Å². The minimum atomic E-state index is -1.63. The number of carbonyl (C=O) groups is 16. The number of imidazole rings is 1. The van der Waals surface area contributed by atoms with Crippen LogP contribution in [0.5, 0.6) is 0 Å². The maximum Gasteiger partial charge on any atom is 0.307 e. The van der Waals surface area contributed by atoms with Gasteiger partial charge in [-0.25, -0.2) is 4.98 Å². The van der Waals surface area contributed by atoms with Crippen molar-refractivity contribution in [1.29, 1.82) is 0 Å². The first kappa shape index (κ1) is 93.4. The van der Waals surface area contributed by atoms with E-state index >= 15 is 0 Å². The fraction of sp³-hybridized carbons (Fsp3) is 0.507. The largest absolute Gasteiger partial charge is 0.469 e. The van der Waals surface area contributed by atoms with Crippen LogP contribution in [0.2, 0.25) is 0 Å². The summed E-state index contributed by atoms with van der Waals surface area (Å²) < 4.78 is 9.71. The molecule has 3 aromatic heterocycles. The molecule has 0 spiro atoms. The summed E-state index contributed by atoms with van der Waals surface area (Å²) in [6.07, 6.45) is 3.66. The Balaban J connectivity index is 1.35. The zero-order valence-corrected chi connectivity index (χ0v) is 66.9. The molecule has 0 fully saturated rings. The summed E-state index contributed by atoms with van der Waals surface area (Å²) in [6, 6.07) is -3.35. The summed E-state index contributed by atoms with van der Waals surface area (Å²) in [5.41, 5.74) is 8.67. The van der Waals surface area contributed by atoms with Crippen molar-refractivity contribution < 1.29 is 91.3 Å². The van der Waals surface area contributed by atoms with E-state index in [1.807, 2.05) is 5.32 Å². The van der Waals surface area contributed by atoms with E-state index in [9.17, 15) is 81.8 Å². The minimum Gasteiger partial charge on any atom is -0.469 e. The minimum absolute atomic E-state index is 0.0413. The molecule has 2 aromatic carbocycles. The third-order valence-electron chi connectivity index (χ3n) is 17.8. The number of nitrogens with two attached hydrogens (primary N) is 1. The van der Waals surface area contributed by atoms with Crippen LogP contribution in [0.1, 0.15) is 111 Å². The van der Waals surface area contributed by atoms with Gasteiger partial charge < -0.3 is 99.1 Å². The Labute approximate surface area is 669 Å². The van der Waals surface area contributed by atoms with Crippen molar-refractivity contribution in [2.45, 2.75) is 192 Å². The number of carbonyl (C=O) groups excluding carboxylic acids is 16. The standard InChI is InChI=1S/C75H106N18O19S2/c1-12-23-112-60(97)22-21-51(67(102)87-53(25-38(4)5)71(106)92-62(39(6)7)74(109)89-55(27-44-31-79-50-20-16-14-18-47(44)50)69(104)91-58(35-114)73(108)93-63(41(9)94)75(110)83-42(10)95)84-59(96)33-80-66(101)52(24-37(2)3)86-70(105)56(28-45-32-77-36-81-45)88-68(103)54(26-43-30-78-49-19-15-13-17-46(43)49)85-64(99)40(8)82-72(107)57(34-113)90-65(100)48(76)29-61(98)111-11/h12-20,30-32,36-41,48,51-58,62-63,78-79,94,113-114H,1,21-29,33-35,76H2,2-11H3,(H,77,81)(H,80,101)(H,82,107)(H,84,96)(H,85,99)(H,86,105)(H,87,102)(H,88,103)(H,89,109)(H,90,100)(H,91,104)(H,92,106)(H,93,108)(H,83,95,110)/t40-,41+,48-,51-,52-,53-,54-,55-,56-,57-,58-,62-,63-/m0/s1. The van der Waals surface area contributed by atoms with E-state index in [0.29, 0.717) is 38.6 Å². The van der Waals surface area contributed by atoms with E-state index in [-0.39, 0.29) is 62.1 Å². The Hall–Kier alpha value is -11.2. The first-order chi connectivity index (χ1) is 54.0. The number of thiol groups is 2. The van der Waals surface area contributed by atoms with Crippen molar-refractivity contribution in [3.05, 3.63) is 103 Å². The quantitative estimate of drug-likeness (QED) is 0.0113. The molecule has 114 heavy (non-hydrogen) atoms. The van der Waals surface area contributed by atoms with Crippen LogP contribution < -0.4 is 74.9 Å². The molecule has 0 saturated heterocycles. The van der Waals surface area contributed by atoms with Crippen LogP contribution in [0.25, 0.3) is 21.8 Å². The molecule has 37 nitrogen and oxygen atoms in total. The number of ether oxygens (including phenoxy) is 2. The van der Waals surface area contributed by atoms with Crippen molar-refractivity contribution >= 4 is 142 Å². The number of aliphatic hydroxyl groups is 1.